The van der Waals surface area contributed by atoms with E-state index in [9.17, 15) is 9.59 Å². The van der Waals surface area contributed by atoms with E-state index in [2.05, 4.69) is 21.2 Å². The highest BCUT2D eigenvalue weighted by Crippen LogP contribution is 2.33. The summed E-state index contributed by atoms with van der Waals surface area (Å²) in [6, 6.07) is 16.0. The minimum Gasteiger partial charge on any atom is -0.483 e. The van der Waals surface area contributed by atoms with Gasteiger partial charge in [-0.2, -0.15) is 0 Å². The number of amides is 2. The van der Waals surface area contributed by atoms with Crippen LogP contribution in [-0.2, 0) is 16.1 Å². The molecule has 0 saturated carbocycles. The Bertz CT molecular complexity index is 1190. The number of carbonyl (C=O) groups is 2. The first-order valence-electron chi connectivity index (χ1n) is 10.8. The van der Waals surface area contributed by atoms with Crippen LogP contribution < -0.4 is 10.1 Å². The first kappa shape index (κ1) is 26.3. The maximum absolute atomic E-state index is 13.3. The Balaban J connectivity index is 1.85. The quantitative estimate of drug-likeness (QED) is 0.350. The van der Waals surface area contributed by atoms with Crippen molar-refractivity contribution in [2.75, 3.05) is 6.61 Å². The van der Waals surface area contributed by atoms with Crippen molar-refractivity contribution >= 4 is 61.7 Å². The van der Waals surface area contributed by atoms with Crippen LogP contribution in [0.25, 0.3) is 10.8 Å². The van der Waals surface area contributed by atoms with E-state index in [1.165, 1.54) is 4.90 Å². The molecule has 0 spiro atoms. The smallest absolute Gasteiger partial charge is 0.261 e. The lowest BCUT2D eigenvalue weighted by atomic mass is 10.1. The molecule has 0 aliphatic rings. The van der Waals surface area contributed by atoms with Crippen LogP contribution >= 0.6 is 39.1 Å². The van der Waals surface area contributed by atoms with E-state index in [-0.39, 0.29) is 25.0 Å². The second kappa shape index (κ2) is 11.0. The van der Waals surface area contributed by atoms with Crippen molar-refractivity contribution in [3.8, 4) is 5.75 Å². The van der Waals surface area contributed by atoms with Gasteiger partial charge < -0.3 is 15.0 Å². The summed E-state index contributed by atoms with van der Waals surface area (Å²) < 4.78 is 6.64. The number of benzene rings is 3. The fraction of sp³-hybridized carbons (Fsp3) is 0.308. The minimum atomic E-state index is -0.775. The minimum absolute atomic E-state index is 0.0678. The Kier molecular flexibility index (Phi) is 8.50. The lowest BCUT2D eigenvalue weighted by Gasteiger charge is -2.32. The van der Waals surface area contributed by atoms with Gasteiger partial charge in [0.2, 0.25) is 5.91 Å². The van der Waals surface area contributed by atoms with Crippen LogP contribution in [0, 0.1) is 0 Å². The molecule has 0 saturated heterocycles. The molecule has 0 unspecified atom stereocenters. The van der Waals surface area contributed by atoms with E-state index in [1.54, 1.807) is 25.1 Å². The van der Waals surface area contributed by atoms with Crippen LogP contribution in [0.3, 0.4) is 0 Å². The molecule has 8 heteroatoms. The lowest BCUT2D eigenvalue weighted by Crippen LogP contribution is -2.53. The third kappa shape index (κ3) is 6.44. The van der Waals surface area contributed by atoms with Gasteiger partial charge in [0.25, 0.3) is 5.91 Å². The molecule has 3 aromatic carbocycles. The van der Waals surface area contributed by atoms with Crippen molar-refractivity contribution in [3.63, 3.8) is 0 Å². The summed E-state index contributed by atoms with van der Waals surface area (Å²) in [4.78, 5) is 27.7. The van der Waals surface area contributed by atoms with Gasteiger partial charge in [-0.15, -0.1) is 0 Å². The monoisotopic (exact) mass is 564 g/mol. The van der Waals surface area contributed by atoms with Crippen molar-refractivity contribution < 1.29 is 14.3 Å². The Labute approximate surface area is 218 Å². The summed E-state index contributed by atoms with van der Waals surface area (Å²) in [6.45, 7) is 7.14. The van der Waals surface area contributed by atoms with Gasteiger partial charge in [-0.1, -0.05) is 59.6 Å². The largest absolute Gasteiger partial charge is 0.483 e. The summed E-state index contributed by atoms with van der Waals surface area (Å²) in [5, 5.41) is 5.80. The van der Waals surface area contributed by atoms with Gasteiger partial charge in [-0.05, 0) is 72.6 Å². The van der Waals surface area contributed by atoms with Crippen molar-refractivity contribution in [1.82, 2.24) is 10.2 Å². The highest BCUT2D eigenvalue weighted by atomic mass is 79.9. The van der Waals surface area contributed by atoms with Gasteiger partial charge in [0.15, 0.2) is 6.61 Å². The Morgan fingerprint density at radius 2 is 1.68 bits per heavy atom. The van der Waals surface area contributed by atoms with Crippen LogP contribution in [0.1, 0.15) is 33.3 Å². The molecule has 0 heterocycles. The van der Waals surface area contributed by atoms with Gasteiger partial charge in [0.05, 0.1) is 4.47 Å². The number of ether oxygens (including phenoxy) is 1. The molecular weight excluding hydrogens is 539 g/mol. The first-order valence-corrected chi connectivity index (χ1v) is 12.4. The number of carbonyl (C=O) groups excluding carboxylic acids is 2. The molecule has 3 rings (SSSR count). The van der Waals surface area contributed by atoms with E-state index in [1.807, 2.05) is 57.2 Å². The molecular formula is C26H27BrCl2N2O3. The molecule has 0 radical (unpaired) electrons. The van der Waals surface area contributed by atoms with Crippen LogP contribution in [-0.4, -0.2) is 34.9 Å². The van der Waals surface area contributed by atoms with Crippen LogP contribution in [0.2, 0.25) is 10.0 Å². The maximum Gasteiger partial charge on any atom is 0.261 e. The molecule has 0 aliphatic carbocycles. The summed E-state index contributed by atoms with van der Waals surface area (Å²) in [6.07, 6.45) is 0. The fourth-order valence-corrected chi connectivity index (χ4v) is 4.58. The molecule has 0 aromatic heterocycles. The van der Waals surface area contributed by atoms with Gasteiger partial charge >= 0.3 is 0 Å². The van der Waals surface area contributed by atoms with Gasteiger partial charge in [0.1, 0.15) is 11.8 Å². The number of nitrogens with zero attached hydrogens (tertiary/aromatic N) is 1. The lowest BCUT2D eigenvalue weighted by molar-refractivity contribution is -0.142. The zero-order chi connectivity index (χ0) is 25.0. The zero-order valence-corrected chi connectivity index (χ0v) is 22.6. The SMILES string of the molecule is C[C@@H](C(=O)NC(C)(C)C)N(Cc1c(Cl)cccc1Cl)C(=O)COc1ccc2ccccc2c1Br. The van der Waals surface area contributed by atoms with E-state index in [0.29, 0.717) is 21.4 Å². The summed E-state index contributed by atoms with van der Waals surface area (Å²) in [5.74, 6) is -0.113. The van der Waals surface area contributed by atoms with Gasteiger partial charge in [-0.25, -0.2) is 0 Å². The van der Waals surface area contributed by atoms with Crippen LogP contribution in [0.4, 0.5) is 0 Å². The number of rotatable bonds is 7. The molecule has 5 nitrogen and oxygen atoms in total. The van der Waals surface area contributed by atoms with E-state index >= 15 is 0 Å². The molecule has 0 bridgehead atoms. The van der Waals surface area contributed by atoms with Crippen molar-refractivity contribution in [1.29, 1.82) is 0 Å². The second-order valence-electron chi connectivity index (χ2n) is 9.02. The number of halogens is 3. The Hall–Kier alpha value is -2.28. The normalized spacial score (nSPS) is 12.3. The molecule has 34 heavy (non-hydrogen) atoms. The topological polar surface area (TPSA) is 58.6 Å². The van der Waals surface area contributed by atoms with E-state index < -0.39 is 11.6 Å². The predicted molar refractivity (Wildman–Crippen MR) is 142 cm³/mol. The molecule has 1 atom stereocenters. The molecule has 1 N–H and O–H groups in total. The third-order valence-electron chi connectivity index (χ3n) is 5.23. The Morgan fingerprint density at radius 3 is 2.32 bits per heavy atom. The number of nitrogens with one attached hydrogen (secondary N) is 1. The average Bonchev–Trinajstić information content (AvgIpc) is 2.77. The van der Waals surface area contributed by atoms with Gasteiger partial charge in [-0.3, -0.25) is 9.59 Å². The highest BCUT2D eigenvalue weighted by molar-refractivity contribution is 9.10. The summed E-state index contributed by atoms with van der Waals surface area (Å²) >= 11 is 16.3. The molecule has 3 aromatic rings. The van der Waals surface area contributed by atoms with E-state index in [4.69, 9.17) is 27.9 Å². The standard InChI is InChI=1S/C26H27BrCl2N2O3/c1-16(25(33)30-26(2,3)4)31(14-19-20(28)10-7-11-21(19)29)23(32)15-34-22-13-12-17-8-5-6-9-18(17)24(22)27/h5-13,16H,14-15H2,1-4H3,(H,30,33)/t16-/m0/s1. The molecule has 0 fully saturated rings. The number of fused-ring (bicyclic) bond motifs is 1. The Morgan fingerprint density at radius 1 is 1.03 bits per heavy atom. The van der Waals surface area contributed by atoms with Crippen LogP contribution in [0.5, 0.6) is 5.75 Å². The van der Waals surface area contributed by atoms with E-state index in [0.717, 1.165) is 15.2 Å². The highest BCUT2D eigenvalue weighted by Gasteiger charge is 2.29. The van der Waals surface area contributed by atoms with Crippen LogP contribution in [0.15, 0.2) is 59.1 Å². The van der Waals surface area contributed by atoms with Crippen molar-refractivity contribution in [2.24, 2.45) is 0 Å². The first-order chi connectivity index (χ1) is 16.0. The zero-order valence-electron chi connectivity index (χ0n) is 19.5. The number of hydrogen-bond acceptors (Lipinski definition) is 3. The fourth-order valence-electron chi connectivity index (χ4n) is 3.46. The average molecular weight is 566 g/mol. The molecule has 2 amide bonds. The van der Waals surface area contributed by atoms with Gasteiger partial charge in [0, 0.05) is 27.7 Å². The maximum atomic E-state index is 13.3. The molecule has 180 valence electrons. The summed E-state index contributed by atoms with van der Waals surface area (Å²) in [7, 11) is 0. The van der Waals surface area contributed by atoms with Crippen molar-refractivity contribution in [2.45, 2.75) is 45.8 Å². The molecule has 0 aliphatic heterocycles. The predicted octanol–water partition coefficient (Wildman–Crippen LogP) is 6.62. The third-order valence-corrected chi connectivity index (χ3v) is 6.76. The summed E-state index contributed by atoms with van der Waals surface area (Å²) in [5.41, 5.74) is 0.121. The van der Waals surface area contributed by atoms with Crippen molar-refractivity contribution in [3.05, 3.63) is 74.7 Å². The number of hydrogen-bond donors (Lipinski definition) is 1. The second-order valence-corrected chi connectivity index (χ2v) is 10.6.